The number of benzene rings is 2. The number of amides is 1. The van der Waals surface area contributed by atoms with Crippen LogP contribution in [0.2, 0.25) is 5.02 Å². The number of aryl methyl sites for hydroxylation is 1. The molecular formula is C21H23ClN4O2S. The van der Waals surface area contributed by atoms with Gasteiger partial charge in [-0.2, -0.15) is 4.99 Å². The van der Waals surface area contributed by atoms with Gasteiger partial charge in [0.15, 0.2) is 0 Å². The number of amidine groups is 1. The number of nitrogens with zero attached hydrogens (tertiary/aromatic N) is 3. The molecule has 1 aliphatic rings. The molecule has 0 radical (unpaired) electrons. The van der Waals surface area contributed by atoms with Crippen molar-refractivity contribution < 1.29 is 9.53 Å². The van der Waals surface area contributed by atoms with Crippen LogP contribution in [0.1, 0.15) is 18.1 Å². The van der Waals surface area contributed by atoms with Crippen LogP contribution in [0.3, 0.4) is 0 Å². The highest BCUT2D eigenvalue weighted by atomic mass is 35.5. The van der Waals surface area contributed by atoms with Crippen LogP contribution in [0.5, 0.6) is 5.75 Å². The number of hydrogen-bond donors (Lipinski definition) is 1. The Kier molecular flexibility index (Phi) is 7.17. The second kappa shape index (κ2) is 9.80. The van der Waals surface area contributed by atoms with Crippen molar-refractivity contribution in [3.8, 4) is 5.75 Å². The Hall–Kier alpha value is -2.51. The van der Waals surface area contributed by atoms with Gasteiger partial charge in [-0.1, -0.05) is 35.5 Å². The van der Waals surface area contributed by atoms with Gasteiger partial charge in [0.25, 0.3) is 0 Å². The molecule has 8 heteroatoms. The third-order valence-corrected chi connectivity index (χ3v) is 5.48. The zero-order valence-electron chi connectivity index (χ0n) is 16.6. The number of halogens is 1. The summed E-state index contributed by atoms with van der Waals surface area (Å²) in [6.45, 7) is 7.20. The predicted molar refractivity (Wildman–Crippen MR) is 121 cm³/mol. The first-order valence-corrected chi connectivity index (χ1v) is 10.6. The van der Waals surface area contributed by atoms with Gasteiger partial charge in [-0.15, -0.1) is 5.10 Å². The highest BCUT2D eigenvalue weighted by Crippen LogP contribution is 2.20. The van der Waals surface area contributed by atoms with Gasteiger partial charge in [0.1, 0.15) is 12.3 Å². The smallest absolute Gasteiger partial charge is 0.234 e. The van der Waals surface area contributed by atoms with Crippen LogP contribution in [0.25, 0.3) is 0 Å². The molecule has 0 saturated carbocycles. The fourth-order valence-electron chi connectivity index (χ4n) is 2.62. The van der Waals surface area contributed by atoms with Crippen LogP contribution >= 0.6 is 23.4 Å². The average Bonchev–Trinajstić information content (AvgIpc) is 2.71. The van der Waals surface area contributed by atoms with Crippen molar-refractivity contribution in [1.29, 1.82) is 0 Å². The Bertz CT molecular complexity index is 944. The molecule has 1 aliphatic heterocycles. The number of anilines is 1. The Morgan fingerprint density at radius 3 is 2.72 bits per heavy atom. The zero-order chi connectivity index (χ0) is 20.8. The van der Waals surface area contributed by atoms with Crippen LogP contribution < -0.4 is 10.1 Å². The lowest BCUT2D eigenvalue weighted by molar-refractivity contribution is -0.113. The Labute approximate surface area is 180 Å². The van der Waals surface area contributed by atoms with E-state index in [9.17, 15) is 4.79 Å². The van der Waals surface area contributed by atoms with Crippen molar-refractivity contribution in [2.75, 3.05) is 24.2 Å². The van der Waals surface area contributed by atoms with Crippen LogP contribution in [0.15, 0.2) is 52.6 Å². The molecular weight excluding hydrogens is 408 g/mol. The molecule has 0 atom stereocenters. The summed E-state index contributed by atoms with van der Waals surface area (Å²) in [4.78, 5) is 16.8. The number of hydrogen-bond acceptors (Lipinski definition) is 6. The largest absolute Gasteiger partial charge is 0.441 e. The number of aliphatic imine (C=N–C) groups is 1. The van der Waals surface area contributed by atoms with Gasteiger partial charge >= 0.3 is 0 Å². The number of nitrogens with one attached hydrogen (secondary N) is 1. The van der Waals surface area contributed by atoms with Gasteiger partial charge < -0.3 is 10.1 Å². The first-order valence-electron chi connectivity index (χ1n) is 9.28. The van der Waals surface area contributed by atoms with Gasteiger partial charge in [0.2, 0.25) is 17.0 Å². The van der Waals surface area contributed by atoms with Crippen molar-refractivity contribution in [2.24, 2.45) is 10.1 Å². The highest BCUT2D eigenvalue weighted by molar-refractivity contribution is 8.14. The van der Waals surface area contributed by atoms with E-state index in [2.05, 4.69) is 15.4 Å². The summed E-state index contributed by atoms with van der Waals surface area (Å²) in [5, 5.41) is 10.4. The molecule has 2 aromatic carbocycles. The topological polar surface area (TPSA) is 66.3 Å². The zero-order valence-corrected chi connectivity index (χ0v) is 18.2. The maximum Gasteiger partial charge on any atom is 0.234 e. The van der Waals surface area contributed by atoms with E-state index >= 15 is 0 Å². The first-order chi connectivity index (χ1) is 13.9. The minimum atomic E-state index is -0.101. The molecule has 152 valence electrons. The second-order valence-corrected chi connectivity index (χ2v) is 7.89. The molecule has 1 amide bonds. The lowest BCUT2D eigenvalue weighted by Crippen LogP contribution is -2.33. The van der Waals surface area contributed by atoms with E-state index in [0.29, 0.717) is 34.9 Å². The Balaban J connectivity index is 1.62. The minimum absolute atomic E-state index is 0.101. The summed E-state index contributed by atoms with van der Waals surface area (Å²) < 4.78 is 5.86. The van der Waals surface area contributed by atoms with Gasteiger partial charge in [-0.3, -0.25) is 9.80 Å². The SMILES string of the molecule is CCN1CC(Oc2ccc(Cl)cc2)=NC(SCC(=O)Nc2cccc(C)c2C)=N1. The van der Waals surface area contributed by atoms with Crippen molar-refractivity contribution >= 4 is 46.0 Å². The maximum absolute atomic E-state index is 12.4. The van der Waals surface area contributed by atoms with E-state index in [1.807, 2.05) is 44.0 Å². The monoisotopic (exact) mass is 430 g/mol. The third kappa shape index (κ3) is 5.98. The van der Waals surface area contributed by atoms with Crippen LogP contribution in [0.4, 0.5) is 5.69 Å². The molecule has 0 unspecified atom stereocenters. The maximum atomic E-state index is 12.4. The summed E-state index contributed by atoms with van der Waals surface area (Å²) in [5.74, 6) is 1.29. The van der Waals surface area contributed by atoms with Crippen molar-refractivity contribution in [2.45, 2.75) is 20.8 Å². The van der Waals surface area contributed by atoms with Crippen molar-refractivity contribution in [3.05, 3.63) is 58.6 Å². The van der Waals surface area contributed by atoms with E-state index in [1.165, 1.54) is 11.8 Å². The van der Waals surface area contributed by atoms with Gasteiger partial charge in [0, 0.05) is 17.3 Å². The van der Waals surface area contributed by atoms with E-state index in [4.69, 9.17) is 16.3 Å². The lowest BCUT2D eigenvalue weighted by atomic mass is 10.1. The average molecular weight is 431 g/mol. The normalized spacial score (nSPS) is 13.6. The van der Waals surface area contributed by atoms with E-state index < -0.39 is 0 Å². The van der Waals surface area contributed by atoms with Gasteiger partial charge in [-0.05, 0) is 62.2 Å². The number of hydrazone groups is 1. The molecule has 0 spiro atoms. The number of carbonyl (C=O) groups excluding carboxylic acids is 1. The molecule has 1 N–H and O–H groups in total. The predicted octanol–water partition coefficient (Wildman–Crippen LogP) is 4.71. The van der Waals surface area contributed by atoms with Crippen LogP contribution in [0, 0.1) is 13.8 Å². The summed E-state index contributed by atoms with van der Waals surface area (Å²) in [7, 11) is 0. The molecule has 0 aromatic heterocycles. The Morgan fingerprint density at radius 1 is 1.24 bits per heavy atom. The van der Waals surface area contributed by atoms with E-state index in [1.54, 1.807) is 24.3 Å². The van der Waals surface area contributed by atoms with Crippen LogP contribution in [-0.2, 0) is 4.79 Å². The first kappa shape index (κ1) is 21.2. The number of ether oxygens (including phenoxy) is 1. The minimum Gasteiger partial charge on any atom is -0.441 e. The molecule has 0 fully saturated rings. The number of rotatable bonds is 5. The quantitative estimate of drug-likeness (QED) is 0.745. The molecule has 29 heavy (non-hydrogen) atoms. The lowest BCUT2D eigenvalue weighted by Gasteiger charge is -2.23. The molecule has 3 rings (SSSR count). The molecule has 0 saturated heterocycles. The number of likely N-dealkylation sites (N-methyl/N-ethyl adjacent to an activating group) is 1. The second-order valence-electron chi connectivity index (χ2n) is 6.51. The van der Waals surface area contributed by atoms with E-state index in [-0.39, 0.29) is 11.7 Å². The van der Waals surface area contributed by atoms with Crippen molar-refractivity contribution in [3.63, 3.8) is 0 Å². The Morgan fingerprint density at radius 2 is 2.00 bits per heavy atom. The van der Waals surface area contributed by atoms with Crippen molar-refractivity contribution in [1.82, 2.24) is 5.01 Å². The molecule has 0 aliphatic carbocycles. The summed E-state index contributed by atoms with van der Waals surface area (Å²) in [6, 6.07) is 13.0. The standard InChI is InChI=1S/C21H23ClN4O2S/c1-4-26-12-20(28-17-10-8-16(22)9-11-17)24-21(25-26)29-13-19(27)23-18-7-5-6-14(2)15(18)3/h5-11H,4,12-13H2,1-3H3,(H,23,27). The number of carbonyl (C=O) groups is 1. The fourth-order valence-corrected chi connectivity index (χ4v) is 3.42. The van der Waals surface area contributed by atoms with Gasteiger partial charge in [0.05, 0.1) is 5.75 Å². The summed E-state index contributed by atoms with van der Waals surface area (Å²) in [6.07, 6.45) is 0. The molecule has 6 nitrogen and oxygen atoms in total. The fraction of sp³-hybridized carbons (Fsp3) is 0.286. The van der Waals surface area contributed by atoms with Crippen LogP contribution in [-0.4, -0.2) is 40.8 Å². The van der Waals surface area contributed by atoms with Gasteiger partial charge in [-0.25, -0.2) is 0 Å². The molecule has 1 heterocycles. The summed E-state index contributed by atoms with van der Waals surface area (Å²) in [5.41, 5.74) is 3.03. The summed E-state index contributed by atoms with van der Waals surface area (Å²) >= 11 is 7.19. The third-order valence-electron chi connectivity index (χ3n) is 4.39. The molecule has 2 aromatic rings. The van der Waals surface area contributed by atoms with E-state index in [0.717, 1.165) is 16.8 Å². The highest BCUT2D eigenvalue weighted by Gasteiger charge is 2.18. The number of thioether (sulfide) groups is 1. The molecule has 0 bridgehead atoms.